The number of H-pyrrole nitrogens is 1. The number of pyridine rings is 1. The second-order valence-corrected chi connectivity index (χ2v) is 6.02. The first-order valence-electron chi connectivity index (χ1n) is 4.52. The third kappa shape index (κ3) is 3.49. The molecular weight excluding hydrogens is 214 g/mol. The lowest BCUT2D eigenvalue weighted by atomic mass is 10.1. The number of rotatable bonds is 2. The van der Waals surface area contributed by atoms with E-state index in [1.807, 2.05) is 0 Å². The van der Waals surface area contributed by atoms with Crippen molar-refractivity contribution in [3.8, 4) is 0 Å². The second kappa shape index (κ2) is 3.79. The first-order valence-corrected chi connectivity index (χ1v) is 6.00. The number of hydrogen-bond acceptors (Lipinski definition) is 3. The van der Waals surface area contributed by atoms with E-state index >= 15 is 0 Å². The number of sulfonamides is 1. The Hall–Kier alpha value is -1.14. The van der Waals surface area contributed by atoms with Crippen molar-refractivity contribution < 1.29 is 13.4 Å². The van der Waals surface area contributed by atoms with E-state index < -0.39 is 15.6 Å². The van der Waals surface area contributed by atoms with Crippen LogP contribution in [0.4, 0.5) is 5.82 Å². The molecular formula is C9H16N3O2S+. The summed E-state index contributed by atoms with van der Waals surface area (Å²) in [5.74, 6) is 0.421. The van der Waals surface area contributed by atoms with Gasteiger partial charge < -0.3 is 0 Å². The normalized spacial score (nSPS) is 12.7. The van der Waals surface area contributed by atoms with Gasteiger partial charge >= 0.3 is 0 Å². The molecule has 0 aliphatic carbocycles. The van der Waals surface area contributed by atoms with Crippen molar-refractivity contribution in [2.75, 3.05) is 5.73 Å². The monoisotopic (exact) mass is 230 g/mol. The minimum Gasteiger partial charge on any atom is -0.287 e. The third-order valence-corrected chi connectivity index (χ3v) is 3.31. The maximum Gasteiger partial charge on any atom is 0.270 e. The van der Waals surface area contributed by atoms with Crippen LogP contribution in [-0.4, -0.2) is 14.0 Å². The molecule has 0 atom stereocenters. The summed E-state index contributed by atoms with van der Waals surface area (Å²) in [4.78, 5) is 2.82. The Balaban J connectivity index is 3.02. The molecule has 1 heterocycles. The van der Waals surface area contributed by atoms with Crippen molar-refractivity contribution >= 4 is 15.8 Å². The quantitative estimate of drug-likeness (QED) is 0.758. The molecule has 0 saturated heterocycles. The van der Waals surface area contributed by atoms with Gasteiger partial charge in [-0.15, -0.1) is 0 Å². The summed E-state index contributed by atoms with van der Waals surface area (Å²) in [5.41, 5.74) is 4.93. The molecule has 0 saturated carbocycles. The Labute approximate surface area is 89.8 Å². The molecule has 0 fully saturated rings. The van der Waals surface area contributed by atoms with E-state index in [0.717, 1.165) is 0 Å². The van der Waals surface area contributed by atoms with Crippen LogP contribution in [0.1, 0.15) is 20.8 Å². The molecule has 6 heteroatoms. The Morgan fingerprint density at radius 2 is 1.93 bits per heavy atom. The fraction of sp³-hybridized carbons (Fsp3) is 0.444. The number of anilines is 1. The largest absolute Gasteiger partial charge is 0.287 e. The van der Waals surface area contributed by atoms with Gasteiger partial charge in [0.1, 0.15) is 11.1 Å². The predicted octanol–water partition coefficient (Wildman–Crippen LogP) is 0.160. The van der Waals surface area contributed by atoms with Gasteiger partial charge in [-0.3, -0.25) is 5.73 Å². The molecule has 1 rings (SSSR count). The summed E-state index contributed by atoms with van der Waals surface area (Å²) < 4.78 is 26.1. The van der Waals surface area contributed by atoms with E-state index in [4.69, 9.17) is 5.73 Å². The average molecular weight is 230 g/mol. The zero-order valence-electron chi connectivity index (χ0n) is 9.03. The van der Waals surface area contributed by atoms with E-state index in [1.54, 1.807) is 20.8 Å². The van der Waals surface area contributed by atoms with Gasteiger partial charge in [0.05, 0.1) is 0 Å². The highest BCUT2D eigenvalue weighted by Crippen LogP contribution is 2.10. The highest BCUT2D eigenvalue weighted by molar-refractivity contribution is 7.89. The van der Waals surface area contributed by atoms with Crippen LogP contribution in [0.3, 0.4) is 0 Å². The van der Waals surface area contributed by atoms with Crippen molar-refractivity contribution in [2.24, 2.45) is 0 Å². The SMILES string of the molecule is CC(C)(C)NS(=O)(=O)c1ccc(N)[nH+]c1. The first kappa shape index (κ1) is 11.9. The van der Waals surface area contributed by atoms with E-state index in [1.165, 1.54) is 18.3 Å². The van der Waals surface area contributed by atoms with Crippen LogP contribution in [0.2, 0.25) is 0 Å². The Bertz CT molecular complexity index is 431. The Morgan fingerprint density at radius 3 is 2.33 bits per heavy atom. The zero-order chi connectivity index (χ0) is 11.7. The molecule has 0 aromatic carbocycles. The van der Waals surface area contributed by atoms with Crippen molar-refractivity contribution in [3.05, 3.63) is 18.3 Å². The van der Waals surface area contributed by atoms with E-state index in [0.29, 0.717) is 5.82 Å². The third-order valence-electron chi connectivity index (χ3n) is 1.56. The Morgan fingerprint density at radius 1 is 1.33 bits per heavy atom. The molecule has 0 unspecified atom stereocenters. The number of nitrogens with one attached hydrogen (secondary N) is 2. The van der Waals surface area contributed by atoms with Gasteiger partial charge in [0.2, 0.25) is 10.0 Å². The lowest BCUT2D eigenvalue weighted by Gasteiger charge is -2.19. The topological polar surface area (TPSA) is 86.3 Å². The summed E-state index contributed by atoms with van der Waals surface area (Å²) >= 11 is 0. The van der Waals surface area contributed by atoms with Crippen LogP contribution in [-0.2, 0) is 10.0 Å². The molecule has 4 N–H and O–H groups in total. The molecule has 0 radical (unpaired) electrons. The number of hydrogen-bond donors (Lipinski definition) is 2. The molecule has 1 aromatic rings. The fourth-order valence-electron chi connectivity index (χ4n) is 1.05. The summed E-state index contributed by atoms with van der Waals surface area (Å²) in [7, 11) is -3.47. The molecule has 15 heavy (non-hydrogen) atoms. The van der Waals surface area contributed by atoms with E-state index in [-0.39, 0.29) is 4.90 Å². The fourth-order valence-corrected chi connectivity index (χ4v) is 2.44. The molecule has 0 spiro atoms. The van der Waals surface area contributed by atoms with Crippen LogP contribution in [0.25, 0.3) is 0 Å². The van der Waals surface area contributed by atoms with E-state index in [2.05, 4.69) is 9.71 Å². The predicted molar refractivity (Wildman–Crippen MR) is 57.5 cm³/mol. The van der Waals surface area contributed by atoms with Gasteiger partial charge in [-0.25, -0.2) is 18.1 Å². The molecule has 5 nitrogen and oxygen atoms in total. The molecule has 0 aliphatic rings. The number of nitrogens with two attached hydrogens (primary N) is 1. The summed E-state index contributed by atoms with van der Waals surface area (Å²) in [6.45, 7) is 5.35. The molecule has 0 bridgehead atoms. The summed E-state index contributed by atoms with van der Waals surface area (Å²) in [5, 5.41) is 0. The summed E-state index contributed by atoms with van der Waals surface area (Å²) in [6.07, 6.45) is 1.36. The maximum absolute atomic E-state index is 11.8. The number of nitrogen functional groups attached to an aromatic ring is 1. The van der Waals surface area contributed by atoms with Crippen molar-refractivity contribution in [1.82, 2.24) is 4.72 Å². The zero-order valence-corrected chi connectivity index (χ0v) is 9.85. The van der Waals surface area contributed by atoms with Crippen molar-refractivity contribution in [2.45, 2.75) is 31.2 Å². The van der Waals surface area contributed by atoms with Crippen molar-refractivity contribution in [3.63, 3.8) is 0 Å². The first-order chi connectivity index (χ1) is 6.71. The molecule has 1 aromatic heterocycles. The standard InChI is InChI=1S/C9H15N3O2S/c1-9(2,3)12-15(13,14)7-4-5-8(10)11-6-7/h4-6,12H,1-3H3,(H2,10,11)/p+1. The van der Waals surface area contributed by atoms with Gasteiger partial charge in [-0.1, -0.05) is 0 Å². The van der Waals surface area contributed by atoms with Crippen LogP contribution >= 0.6 is 0 Å². The molecule has 84 valence electrons. The number of aromatic nitrogens is 1. The van der Waals surface area contributed by atoms with E-state index in [9.17, 15) is 8.42 Å². The lowest BCUT2D eigenvalue weighted by Crippen LogP contribution is -2.40. The minimum absolute atomic E-state index is 0.173. The van der Waals surface area contributed by atoms with Crippen LogP contribution in [0, 0.1) is 0 Å². The van der Waals surface area contributed by atoms with Crippen molar-refractivity contribution in [1.29, 1.82) is 0 Å². The van der Waals surface area contributed by atoms with Gasteiger partial charge in [-0.2, -0.15) is 0 Å². The van der Waals surface area contributed by atoms with Crippen LogP contribution in [0.15, 0.2) is 23.2 Å². The highest BCUT2D eigenvalue weighted by atomic mass is 32.2. The smallest absolute Gasteiger partial charge is 0.270 e. The minimum atomic E-state index is -3.47. The van der Waals surface area contributed by atoms with Gasteiger partial charge in [-0.05, 0) is 26.8 Å². The molecule has 0 aliphatic heterocycles. The Kier molecular flexibility index (Phi) is 3.01. The molecule has 0 amide bonds. The average Bonchev–Trinajstić information content (AvgIpc) is 2.00. The van der Waals surface area contributed by atoms with Crippen LogP contribution in [0.5, 0.6) is 0 Å². The lowest BCUT2D eigenvalue weighted by molar-refractivity contribution is -0.363. The van der Waals surface area contributed by atoms with Gasteiger partial charge in [0.15, 0.2) is 0 Å². The van der Waals surface area contributed by atoms with Gasteiger partial charge in [0.25, 0.3) is 5.82 Å². The summed E-state index contributed by atoms with van der Waals surface area (Å²) in [6, 6.07) is 2.97. The maximum atomic E-state index is 11.8. The second-order valence-electron chi connectivity index (χ2n) is 4.34. The number of aromatic amines is 1. The highest BCUT2D eigenvalue weighted by Gasteiger charge is 2.22. The van der Waals surface area contributed by atoms with Gasteiger partial charge in [0, 0.05) is 11.6 Å². The van der Waals surface area contributed by atoms with Crippen LogP contribution < -0.4 is 15.4 Å².